The van der Waals surface area contributed by atoms with Crippen LogP contribution < -0.4 is 5.32 Å². The smallest absolute Gasteiger partial charge is 0.0218 e. The van der Waals surface area contributed by atoms with E-state index >= 15 is 0 Å². The van der Waals surface area contributed by atoms with Gasteiger partial charge in [0.2, 0.25) is 0 Å². The van der Waals surface area contributed by atoms with Gasteiger partial charge < -0.3 is 5.32 Å². The van der Waals surface area contributed by atoms with Crippen molar-refractivity contribution in [1.82, 2.24) is 5.32 Å². The minimum Gasteiger partial charge on any atom is -0.310 e. The maximum Gasteiger partial charge on any atom is 0.0218 e. The Bertz CT molecular complexity index is 461. The summed E-state index contributed by atoms with van der Waals surface area (Å²) in [5, 5.41) is 8.06. The van der Waals surface area contributed by atoms with Gasteiger partial charge in [-0.25, -0.2) is 0 Å². The minimum atomic E-state index is 0.560. The highest BCUT2D eigenvalue weighted by molar-refractivity contribution is 7.08. The molecule has 1 heterocycles. The quantitative estimate of drug-likeness (QED) is 0.821. The molecule has 0 saturated carbocycles. The Hall–Kier alpha value is -1.12. The molecule has 0 bridgehead atoms. The number of rotatable bonds is 6. The summed E-state index contributed by atoms with van der Waals surface area (Å²) in [5.41, 5.74) is 4.27. The number of benzene rings is 1. The van der Waals surface area contributed by atoms with Gasteiger partial charge in [0.25, 0.3) is 0 Å². The Morgan fingerprint density at radius 1 is 1.17 bits per heavy atom. The molecule has 1 unspecified atom stereocenters. The van der Waals surface area contributed by atoms with Gasteiger partial charge in [-0.3, -0.25) is 0 Å². The molecule has 1 atom stereocenters. The fourth-order valence-corrected chi connectivity index (χ4v) is 2.84. The molecule has 2 heteroatoms. The number of aryl methyl sites for hydroxylation is 2. The molecule has 2 rings (SSSR count). The molecule has 0 fully saturated rings. The second kappa shape index (κ2) is 6.72. The van der Waals surface area contributed by atoms with Crippen molar-refractivity contribution in [3.8, 4) is 0 Å². The number of nitrogens with one attached hydrogen (secondary N) is 1. The van der Waals surface area contributed by atoms with Gasteiger partial charge in [0, 0.05) is 12.6 Å². The Morgan fingerprint density at radius 2 is 1.94 bits per heavy atom. The summed E-state index contributed by atoms with van der Waals surface area (Å²) in [6.07, 6.45) is 2.34. The van der Waals surface area contributed by atoms with Crippen LogP contribution in [0.2, 0.25) is 0 Å². The zero-order valence-electron chi connectivity index (χ0n) is 11.1. The zero-order chi connectivity index (χ0) is 12.8. The van der Waals surface area contributed by atoms with Crippen LogP contribution in [0.4, 0.5) is 0 Å². The van der Waals surface area contributed by atoms with Crippen LogP contribution in [-0.2, 0) is 13.0 Å². The molecule has 1 aromatic carbocycles. The molecule has 0 aliphatic rings. The molecule has 0 spiro atoms. The van der Waals surface area contributed by atoms with E-state index in [1.165, 1.54) is 23.1 Å². The third-order valence-electron chi connectivity index (χ3n) is 3.31. The van der Waals surface area contributed by atoms with E-state index in [9.17, 15) is 0 Å². The molecule has 1 N–H and O–H groups in total. The van der Waals surface area contributed by atoms with E-state index in [1.54, 1.807) is 11.3 Å². The van der Waals surface area contributed by atoms with E-state index in [2.05, 4.69) is 60.3 Å². The predicted molar refractivity (Wildman–Crippen MR) is 80.1 cm³/mol. The van der Waals surface area contributed by atoms with Crippen LogP contribution in [0.15, 0.2) is 41.1 Å². The first-order valence-electron chi connectivity index (χ1n) is 6.54. The van der Waals surface area contributed by atoms with E-state index in [0.717, 1.165) is 13.0 Å². The average molecular weight is 259 g/mol. The summed E-state index contributed by atoms with van der Waals surface area (Å²) in [7, 11) is 0. The van der Waals surface area contributed by atoms with Crippen molar-refractivity contribution in [1.29, 1.82) is 0 Å². The van der Waals surface area contributed by atoms with Gasteiger partial charge in [0.1, 0.15) is 0 Å². The number of thiophene rings is 1. The van der Waals surface area contributed by atoms with Crippen LogP contribution in [0, 0.1) is 6.92 Å². The fourth-order valence-electron chi connectivity index (χ4n) is 1.98. The average Bonchev–Trinajstić information content (AvgIpc) is 2.81. The summed E-state index contributed by atoms with van der Waals surface area (Å²) < 4.78 is 0. The summed E-state index contributed by atoms with van der Waals surface area (Å²) in [6.45, 7) is 5.44. The molecule has 0 saturated heterocycles. The molecule has 18 heavy (non-hydrogen) atoms. The van der Waals surface area contributed by atoms with Crippen molar-refractivity contribution in [3.05, 3.63) is 57.8 Å². The van der Waals surface area contributed by atoms with Crippen molar-refractivity contribution in [2.24, 2.45) is 0 Å². The highest BCUT2D eigenvalue weighted by Crippen LogP contribution is 2.13. The Balaban J connectivity index is 1.73. The van der Waals surface area contributed by atoms with Crippen molar-refractivity contribution in [2.75, 3.05) is 0 Å². The van der Waals surface area contributed by atoms with Crippen LogP contribution >= 0.6 is 11.3 Å². The van der Waals surface area contributed by atoms with Gasteiger partial charge >= 0.3 is 0 Å². The lowest BCUT2D eigenvalue weighted by Gasteiger charge is -2.13. The molecule has 0 aliphatic carbocycles. The van der Waals surface area contributed by atoms with Gasteiger partial charge in [-0.05, 0) is 54.1 Å². The summed E-state index contributed by atoms with van der Waals surface area (Å²) in [4.78, 5) is 0. The monoisotopic (exact) mass is 259 g/mol. The first kappa shape index (κ1) is 13.3. The van der Waals surface area contributed by atoms with E-state index in [4.69, 9.17) is 0 Å². The maximum atomic E-state index is 3.60. The third-order valence-corrected chi connectivity index (χ3v) is 4.22. The van der Waals surface area contributed by atoms with Crippen LogP contribution in [0.25, 0.3) is 0 Å². The minimum absolute atomic E-state index is 0.560. The lowest BCUT2D eigenvalue weighted by atomic mass is 10.1. The van der Waals surface area contributed by atoms with Gasteiger partial charge in [-0.1, -0.05) is 30.3 Å². The molecule has 0 amide bonds. The number of hydrogen-bond donors (Lipinski definition) is 1. The van der Waals surface area contributed by atoms with E-state index in [-0.39, 0.29) is 0 Å². The van der Waals surface area contributed by atoms with Gasteiger partial charge in [-0.15, -0.1) is 0 Å². The van der Waals surface area contributed by atoms with Crippen LogP contribution in [0.5, 0.6) is 0 Å². The van der Waals surface area contributed by atoms with E-state index in [1.807, 2.05) is 0 Å². The van der Waals surface area contributed by atoms with Crippen LogP contribution in [-0.4, -0.2) is 6.04 Å². The van der Waals surface area contributed by atoms with Crippen molar-refractivity contribution < 1.29 is 0 Å². The molecule has 1 aromatic heterocycles. The first-order chi connectivity index (χ1) is 8.75. The van der Waals surface area contributed by atoms with Crippen molar-refractivity contribution in [2.45, 2.75) is 39.3 Å². The second-order valence-corrected chi connectivity index (χ2v) is 5.63. The second-order valence-electron chi connectivity index (χ2n) is 4.89. The maximum absolute atomic E-state index is 3.60. The summed E-state index contributed by atoms with van der Waals surface area (Å²) in [5.74, 6) is 0. The van der Waals surface area contributed by atoms with Gasteiger partial charge in [-0.2, -0.15) is 11.3 Å². The molecular weight excluding hydrogens is 238 g/mol. The normalized spacial score (nSPS) is 12.6. The number of hydrogen-bond acceptors (Lipinski definition) is 2. The topological polar surface area (TPSA) is 12.0 Å². The van der Waals surface area contributed by atoms with Crippen LogP contribution in [0.3, 0.4) is 0 Å². The Labute approximate surface area is 114 Å². The van der Waals surface area contributed by atoms with Crippen molar-refractivity contribution in [3.63, 3.8) is 0 Å². The van der Waals surface area contributed by atoms with Crippen LogP contribution in [0.1, 0.15) is 30.0 Å². The highest BCUT2D eigenvalue weighted by Gasteiger charge is 2.04. The SMILES string of the molecule is Cc1cscc1CNC(C)CCc1ccccc1. The molecular formula is C16H21NS. The third kappa shape index (κ3) is 3.97. The highest BCUT2D eigenvalue weighted by atomic mass is 32.1. The van der Waals surface area contributed by atoms with Gasteiger partial charge in [0.15, 0.2) is 0 Å². The molecule has 96 valence electrons. The lowest BCUT2D eigenvalue weighted by molar-refractivity contribution is 0.514. The summed E-state index contributed by atoms with van der Waals surface area (Å²) >= 11 is 1.79. The van der Waals surface area contributed by atoms with E-state index in [0.29, 0.717) is 6.04 Å². The largest absolute Gasteiger partial charge is 0.310 e. The zero-order valence-corrected chi connectivity index (χ0v) is 12.0. The van der Waals surface area contributed by atoms with E-state index < -0.39 is 0 Å². The predicted octanol–water partition coefficient (Wildman–Crippen LogP) is 4.17. The fraction of sp³-hybridized carbons (Fsp3) is 0.375. The first-order valence-corrected chi connectivity index (χ1v) is 7.49. The molecule has 2 aromatic rings. The molecule has 0 radical (unpaired) electrons. The van der Waals surface area contributed by atoms with Crippen molar-refractivity contribution >= 4 is 11.3 Å². The molecule has 1 nitrogen and oxygen atoms in total. The Morgan fingerprint density at radius 3 is 2.61 bits per heavy atom. The standard InChI is InChI=1S/C16H21NS/c1-13-11-18-12-16(13)10-17-14(2)8-9-15-6-4-3-5-7-15/h3-7,11-12,14,17H,8-10H2,1-2H3. The summed E-state index contributed by atoms with van der Waals surface area (Å²) in [6, 6.07) is 11.3. The van der Waals surface area contributed by atoms with Gasteiger partial charge in [0.05, 0.1) is 0 Å². The Kier molecular flexibility index (Phi) is 4.97. The molecule has 0 aliphatic heterocycles. The lowest BCUT2D eigenvalue weighted by Crippen LogP contribution is -2.26.